The highest BCUT2D eigenvalue weighted by Crippen LogP contribution is 2.24. The van der Waals surface area contributed by atoms with Gasteiger partial charge in [0.2, 0.25) is 11.8 Å². The third-order valence-corrected chi connectivity index (χ3v) is 7.98. The summed E-state index contributed by atoms with van der Waals surface area (Å²) in [5.41, 5.74) is 3.39. The maximum atomic E-state index is 13.8. The van der Waals surface area contributed by atoms with Gasteiger partial charge in [-0.15, -0.1) is 5.10 Å². The fourth-order valence-electron chi connectivity index (χ4n) is 5.53. The molecule has 0 spiro atoms. The van der Waals surface area contributed by atoms with Crippen LogP contribution in [0, 0.1) is 6.92 Å². The van der Waals surface area contributed by atoms with E-state index in [1.807, 2.05) is 61.0 Å². The first kappa shape index (κ1) is 32.4. The number of benzene rings is 2. The van der Waals surface area contributed by atoms with Gasteiger partial charge in [0.05, 0.1) is 24.9 Å². The van der Waals surface area contributed by atoms with Crippen LogP contribution in [0.4, 0.5) is 0 Å². The van der Waals surface area contributed by atoms with Gasteiger partial charge in [-0.05, 0) is 50.5 Å². The van der Waals surface area contributed by atoms with Crippen LogP contribution in [0.1, 0.15) is 71.5 Å². The molecule has 3 heterocycles. The Labute approximate surface area is 268 Å². The first-order chi connectivity index (χ1) is 22.2. The van der Waals surface area contributed by atoms with E-state index in [4.69, 9.17) is 4.74 Å². The van der Waals surface area contributed by atoms with Crippen LogP contribution in [0.5, 0.6) is 5.75 Å². The summed E-state index contributed by atoms with van der Waals surface area (Å²) in [6.45, 7) is 7.33. The minimum absolute atomic E-state index is 0.0425. The van der Waals surface area contributed by atoms with Crippen molar-refractivity contribution < 1.29 is 23.9 Å². The van der Waals surface area contributed by atoms with Gasteiger partial charge in [-0.25, -0.2) is 0 Å². The molecule has 0 saturated heterocycles. The summed E-state index contributed by atoms with van der Waals surface area (Å²) >= 11 is 0. The summed E-state index contributed by atoms with van der Waals surface area (Å²) < 4.78 is 9.53. The number of aromatic nitrogens is 4. The minimum Gasteiger partial charge on any atom is -0.493 e. The highest BCUT2D eigenvalue weighted by Gasteiger charge is 2.22. The van der Waals surface area contributed by atoms with Crippen molar-refractivity contribution in [1.82, 2.24) is 35.1 Å². The molecule has 2 bridgehead atoms. The molecule has 242 valence electrons. The highest BCUT2D eigenvalue weighted by atomic mass is 16.5. The molecule has 3 amide bonds. The summed E-state index contributed by atoms with van der Waals surface area (Å²) in [5, 5.41) is 15.0. The molecule has 4 aromatic rings. The molecule has 12 nitrogen and oxygen atoms in total. The lowest BCUT2D eigenvalue weighted by Gasteiger charge is -2.23. The Morgan fingerprint density at radius 2 is 1.89 bits per heavy atom. The molecule has 1 atom stereocenters. The number of ketones is 1. The molecule has 0 fully saturated rings. The number of para-hydroxylation sites is 1. The SMILES string of the molecule is CCCC(=O)c1cn(CC(=O)N2CCCNC(=O)[C@@H](C)NC(=O)c3ccc(C)cc3OCCCn3cc(nn3)C2)c2ccccc12. The zero-order chi connectivity index (χ0) is 32.6. The third kappa shape index (κ3) is 7.79. The molecule has 2 aromatic heterocycles. The molecule has 0 unspecified atom stereocenters. The smallest absolute Gasteiger partial charge is 0.255 e. The normalized spacial score (nSPS) is 16.8. The lowest BCUT2D eigenvalue weighted by atomic mass is 10.1. The van der Waals surface area contributed by atoms with Gasteiger partial charge in [-0.2, -0.15) is 0 Å². The number of amides is 3. The number of fused-ring (bicyclic) bond motifs is 4. The number of nitrogens with one attached hydrogen (secondary N) is 2. The molecule has 0 saturated carbocycles. The average Bonchev–Trinajstić information content (AvgIpc) is 3.64. The molecule has 46 heavy (non-hydrogen) atoms. The number of hydrogen-bond acceptors (Lipinski definition) is 7. The Kier molecular flexibility index (Phi) is 10.5. The van der Waals surface area contributed by atoms with Crippen LogP contribution in [-0.4, -0.2) is 73.7 Å². The van der Waals surface area contributed by atoms with E-state index in [0.717, 1.165) is 22.9 Å². The molecule has 0 radical (unpaired) electrons. The minimum atomic E-state index is -0.776. The zero-order valence-electron chi connectivity index (χ0n) is 26.6. The van der Waals surface area contributed by atoms with E-state index in [2.05, 4.69) is 20.9 Å². The number of hydrogen-bond donors (Lipinski definition) is 2. The number of nitrogens with zero attached hydrogens (tertiary/aromatic N) is 5. The molecular formula is C34H41N7O5. The monoisotopic (exact) mass is 627 g/mol. The molecule has 5 rings (SSSR count). The second kappa shape index (κ2) is 14.9. The number of carbonyl (C=O) groups excluding carboxylic acids is 4. The number of carbonyl (C=O) groups is 4. The number of Topliss-reactive ketones (excluding diaryl/α,β-unsaturated/α-hetero) is 1. The largest absolute Gasteiger partial charge is 0.493 e. The van der Waals surface area contributed by atoms with Gasteiger partial charge in [0.1, 0.15) is 24.0 Å². The molecule has 12 heteroatoms. The number of rotatable bonds is 5. The fraction of sp³-hybridized carbons (Fsp3) is 0.412. The van der Waals surface area contributed by atoms with Gasteiger partial charge < -0.3 is 24.8 Å². The summed E-state index contributed by atoms with van der Waals surface area (Å²) in [7, 11) is 0. The summed E-state index contributed by atoms with van der Waals surface area (Å²) in [6, 6.07) is 12.2. The maximum absolute atomic E-state index is 13.8. The van der Waals surface area contributed by atoms with Crippen LogP contribution in [0.2, 0.25) is 0 Å². The van der Waals surface area contributed by atoms with E-state index in [0.29, 0.717) is 68.1 Å². The maximum Gasteiger partial charge on any atom is 0.255 e. The average molecular weight is 628 g/mol. The molecule has 1 aliphatic heterocycles. The van der Waals surface area contributed by atoms with Crippen LogP contribution in [0.15, 0.2) is 54.9 Å². The first-order valence-electron chi connectivity index (χ1n) is 15.8. The van der Waals surface area contributed by atoms with E-state index in [1.165, 1.54) is 0 Å². The third-order valence-electron chi connectivity index (χ3n) is 7.98. The Morgan fingerprint density at radius 1 is 1.07 bits per heavy atom. The molecule has 0 aliphatic carbocycles. The van der Waals surface area contributed by atoms with E-state index >= 15 is 0 Å². The van der Waals surface area contributed by atoms with E-state index < -0.39 is 11.9 Å². The Bertz CT molecular complexity index is 1730. The lowest BCUT2D eigenvalue weighted by molar-refractivity contribution is -0.132. The predicted octanol–water partition coefficient (Wildman–Crippen LogP) is 3.66. The second-order valence-electron chi connectivity index (χ2n) is 11.7. The standard InChI is InChI=1S/C34H41N7O5/c1-4-9-30(42)28-21-40(29-11-6-5-10-26(28)29)22-32(43)39-15-7-14-35-33(44)24(3)36-34(45)27-13-12-23(2)18-31(27)46-17-8-16-41-20-25(19-39)37-38-41/h5-6,10-13,18,20-21,24H,4,7-9,14-17,19,22H2,1-3H3,(H,35,44)(H,36,45)/t24-/m1/s1. The lowest BCUT2D eigenvalue weighted by Crippen LogP contribution is -2.45. The zero-order valence-corrected chi connectivity index (χ0v) is 26.6. The van der Waals surface area contributed by atoms with Crippen molar-refractivity contribution in [2.75, 3.05) is 19.7 Å². The quantitative estimate of drug-likeness (QED) is 0.322. The van der Waals surface area contributed by atoms with E-state index in [-0.39, 0.29) is 30.7 Å². The van der Waals surface area contributed by atoms with Crippen LogP contribution in [0.25, 0.3) is 10.9 Å². The van der Waals surface area contributed by atoms with E-state index in [9.17, 15) is 19.2 Å². The topological polar surface area (TPSA) is 140 Å². The van der Waals surface area contributed by atoms with Gasteiger partial charge in [-0.1, -0.05) is 36.4 Å². The molecule has 2 N–H and O–H groups in total. The van der Waals surface area contributed by atoms with Crippen LogP contribution in [-0.2, 0) is 29.2 Å². The van der Waals surface area contributed by atoms with Gasteiger partial charge in [0.15, 0.2) is 5.78 Å². The van der Waals surface area contributed by atoms with E-state index in [1.54, 1.807) is 28.8 Å². The summed E-state index contributed by atoms with van der Waals surface area (Å²) in [4.78, 5) is 54.2. The predicted molar refractivity (Wildman–Crippen MR) is 172 cm³/mol. The Hall–Kier alpha value is -5.00. The van der Waals surface area contributed by atoms with Crippen LogP contribution < -0.4 is 15.4 Å². The van der Waals surface area contributed by atoms with Crippen molar-refractivity contribution >= 4 is 34.4 Å². The van der Waals surface area contributed by atoms with Crippen molar-refractivity contribution in [2.24, 2.45) is 0 Å². The molecule has 2 aromatic carbocycles. The van der Waals surface area contributed by atoms with Gasteiger partial charge in [-0.3, -0.25) is 23.9 Å². The van der Waals surface area contributed by atoms with Crippen molar-refractivity contribution in [1.29, 1.82) is 0 Å². The van der Waals surface area contributed by atoms with Crippen LogP contribution >= 0.6 is 0 Å². The molecule has 1 aliphatic rings. The van der Waals surface area contributed by atoms with Gasteiger partial charge >= 0.3 is 0 Å². The number of ether oxygens (including phenoxy) is 1. The highest BCUT2D eigenvalue weighted by molar-refractivity contribution is 6.08. The first-order valence-corrected chi connectivity index (χ1v) is 15.8. The molecular weight excluding hydrogens is 586 g/mol. The van der Waals surface area contributed by atoms with Crippen molar-refractivity contribution in [3.05, 3.63) is 77.2 Å². The Morgan fingerprint density at radius 3 is 2.72 bits per heavy atom. The van der Waals surface area contributed by atoms with Crippen molar-refractivity contribution in [3.8, 4) is 5.75 Å². The second-order valence-corrected chi connectivity index (χ2v) is 11.7. The number of aryl methyl sites for hydroxylation is 2. The van der Waals surface area contributed by atoms with Gasteiger partial charge in [0.25, 0.3) is 5.91 Å². The van der Waals surface area contributed by atoms with Crippen LogP contribution in [0.3, 0.4) is 0 Å². The summed E-state index contributed by atoms with van der Waals surface area (Å²) in [6.07, 6.45) is 5.87. The summed E-state index contributed by atoms with van der Waals surface area (Å²) in [5.74, 6) is -0.368. The fourth-order valence-corrected chi connectivity index (χ4v) is 5.53. The van der Waals surface area contributed by atoms with Gasteiger partial charge in [0, 0.05) is 55.1 Å². The van der Waals surface area contributed by atoms with Crippen molar-refractivity contribution in [3.63, 3.8) is 0 Å². The Balaban J connectivity index is 1.34. The van der Waals surface area contributed by atoms with Crippen molar-refractivity contribution in [2.45, 2.75) is 72.1 Å².